The van der Waals surface area contributed by atoms with Gasteiger partial charge in [0.25, 0.3) is 0 Å². The van der Waals surface area contributed by atoms with Crippen molar-refractivity contribution in [3.05, 3.63) is 22.4 Å². The van der Waals surface area contributed by atoms with Crippen LogP contribution in [-0.4, -0.2) is 28.6 Å². The third-order valence-electron chi connectivity index (χ3n) is 2.85. The summed E-state index contributed by atoms with van der Waals surface area (Å²) in [6.45, 7) is 7.05. The Hall–Kier alpha value is -0.870. The molecule has 2 unspecified atom stereocenters. The molecule has 0 saturated carbocycles. The molecule has 0 saturated heterocycles. The van der Waals surface area contributed by atoms with Gasteiger partial charge in [-0.3, -0.25) is 9.69 Å². The lowest BCUT2D eigenvalue weighted by Gasteiger charge is -2.32. The van der Waals surface area contributed by atoms with Crippen LogP contribution in [0.2, 0.25) is 0 Å². The van der Waals surface area contributed by atoms with Crippen LogP contribution in [0.25, 0.3) is 0 Å². The standard InChI is InChI=1S/C12H19NO2S/c1-4-13(9(2)8-12(14)15)10(3)11-6-5-7-16-11/h5-7,9-10H,4,8H2,1-3H3,(H,14,15). The highest BCUT2D eigenvalue weighted by Gasteiger charge is 2.22. The first-order valence-electron chi connectivity index (χ1n) is 5.57. The van der Waals surface area contributed by atoms with E-state index in [9.17, 15) is 4.79 Å². The van der Waals surface area contributed by atoms with Crippen molar-refractivity contribution in [2.45, 2.75) is 39.3 Å². The summed E-state index contributed by atoms with van der Waals surface area (Å²) in [5.74, 6) is -0.732. The van der Waals surface area contributed by atoms with Gasteiger partial charge in [0, 0.05) is 17.0 Å². The van der Waals surface area contributed by atoms with Gasteiger partial charge in [-0.1, -0.05) is 13.0 Å². The van der Waals surface area contributed by atoms with Crippen LogP contribution in [0.3, 0.4) is 0 Å². The van der Waals surface area contributed by atoms with Gasteiger partial charge in [0.05, 0.1) is 6.42 Å². The molecule has 0 bridgehead atoms. The quantitative estimate of drug-likeness (QED) is 0.832. The first-order valence-corrected chi connectivity index (χ1v) is 6.45. The molecular weight excluding hydrogens is 222 g/mol. The normalized spacial score (nSPS) is 15.0. The monoisotopic (exact) mass is 241 g/mol. The van der Waals surface area contributed by atoms with Gasteiger partial charge in [-0.25, -0.2) is 0 Å². The van der Waals surface area contributed by atoms with Gasteiger partial charge in [-0.15, -0.1) is 11.3 Å². The van der Waals surface area contributed by atoms with E-state index in [1.807, 2.05) is 13.0 Å². The average molecular weight is 241 g/mol. The number of carboxylic acids is 1. The SMILES string of the molecule is CCN(C(C)CC(=O)O)C(C)c1cccs1. The predicted molar refractivity (Wildman–Crippen MR) is 66.8 cm³/mol. The maximum absolute atomic E-state index is 10.7. The van der Waals surface area contributed by atoms with Gasteiger partial charge in [-0.05, 0) is 31.8 Å². The zero-order chi connectivity index (χ0) is 12.1. The van der Waals surface area contributed by atoms with Gasteiger partial charge in [0.1, 0.15) is 0 Å². The fourth-order valence-electron chi connectivity index (χ4n) is 2.03. The third kappa shape index (κ3) is 3.32. The molecule has 0 fully saturated rings. The molecule has 0 aliphatic rings. The van der Waals surface area contributed by atoms with E-state index in [2.05, 4.69) is 30.2 Å². The molecule has 2 atom stereocenters. The Morgan fingerprint density at radius 2 is 2.25 bits per heavy atom. The molecule has 3 nitrogen and oxygen atoms in total. The molecule has 16 heavy (non-hydrogen) atoms. The van der Waals surface area contributed by atoms with Crippen molar-refractivity contribution < 1.29 is 9.90 Å². The topological polar surface area (TPSA) is 40.5 Å². The molecule has 1 heterocycles. The summed E-state index contributed by atoms with van der Waals surface area (Å²) in [5.41, 5.74) is 0. The number of carbonyl (C=O) groups is 1. The lowest BCUT2D eigenvalue weighted by Crippen LogP contribution is -2.36. The van der Waals surface area contributed by atoms with E-state index >= 15 is 0 Å². The van der Waals surface area contributed by atoms with Crippen LogP contribution in [-0.2, 0) is 4.79 Å². The van der Waals surface area contributed by atoms with Gasteiger partial charge < -0.3 is 5.11 Å². The summed E-state index contributed by atoms with van der Waals surface area (Å²) in [5, 5.41) is 10.9. The summed E-state index contributed by atoms with van der Waals surface area (Å²) >= 11 is 1.72. The van der Waals surface area contributed by atoms with E-state index in [0.717, 1.165) is 6.54 Å². The Morgan fingerprint density at radius 1 is 1.56 bits per heavy atom. The number of thiophene rings is 1. The van der Waals surface area contributed by atoms with E-state index in [4.69, 9.17) is 5.11 Å². The van der Waals surface area contributed by atoms with Gasteiger partial charge in [0.2, 0.25) is 0 Å². The number of hydrogen-bond donors (Lipinski definition) is 1. The molecule has 0 spiro atoms. The molecule has 1 aromatic heterocycles. The van der Waals surface area contributed by atoms with Crippen molar-refractivity contribution in [1.29, 1.82) is 0 Å². The number of aliphatic carboxylic acids is 1. The van der Waals surface area contributed by atoms with Crippen LogP contribution >= 0.6 is 11.3 Å². The molecule has 90 valence electrons. The summed E-state index contributed by atoms with van der Waals surface area (Å²) in [7, 11) is 0. The molecular formula is C12H19NO2S. The summed E-state index contributed by atoms with van der Waals surface area (Å²) in [4.78, 5) is 14.2. The Labute approximate surface area is 101 Å². The van der Waals surface area contributed by atoms with Crippen LogP contribution < -0.4 is 0 Å². The number of hydrogen-bond acceptors (Lipinski definition) is 3. The van der Waals surface area contributed by atoms with Crippen molar-refractivity contribution in [3.8, 4) is 0 Å². The van der Waals surface area contributed by atoms with Crippen LogP contribution in [0.1, 0.15) is 38.1 Å². The molecule has 0 amide bonds. The molecule has 4 heteroatoms. The van der Waals surface area contributed by atoms with Crippen molar-refractivity contribution in [2.75, 3.05) is 6.54 Å². The average Bonchev–Trinajstić information content (AvgIpc) is 2.69. The van der Waals surface area contributed by atoms with E-state index in [0.29, 0.717) is 6.04 Å². The van der Waals surface area contributed by atoms with Crippen LogP contribution in [0, 0.1) is 0 Å². The van der Waals surface area contributed by atoms with Crippen molar-refractivity contribution in [3.63, 3.8) is 0 Å². The smallest absolute Gasteiger partial charge is 0.304 e. The Bertz CT molecular complexity index is 324. The second kappa shape index (κ2) is 6.01. The molecule has 1 aromatic rings. The summed E-state index contributed by atoms with van der Waals surface area (Å²) in [6, 6.07) is 4.50. The number of rotatable bonds is 6. The van der Waals surface area contributed by atoms with E-state index in [1.165, 1.54) is 4.88 Å². The van der Waals surface area contributed by atoms with Gasteiger partial charge in [-0.2, -0.15) is 0 Å². The number of carboxylic acid groups (broad SMARTS) is 1. The Balaban J connectivity index is 2.70. The minimum absolute atomic E-state index is 0.0691. The fourth-order valence-corrected chi connectivity index (χ4v) is 2.83. The maximum atomic E-state index is 10.7. The molecule has 0 aromatic carbocycles. The maximum Gasteiger partial charge on any atom is 0.304 e. The third-order valence-corrected chi connectivity index (χ3v) is 3.90. The van der Waals surface area contributed by atoms with Crippen molar-refractivity contribution >= 4 is 17.3 Å². The lowest BCUT2D eigenvalue weighted by atomic mass is 10.1. The van der Waals surface area contributed by atoms with Crippen molar-refractivity contribution in [1.82, 2.24) is 4.90 Å². The minimum Gasteiger partial charge on any atom is -0.481 e. The largest absolute Gasteiger partial charge is 0.481 e. The molecule has 0 radical (unpaired) electrons. The first-order chi connectivity index (χ1) is 7.56. The van der Waals surface area contributed by atoms with E-state index in [-0.39, 0.29) is 12.5 Å². The minimum atomic E-state index is -0.732. The molecule has 1 rings (SSSR count). The highest BCUT2D eigenvalue weighted by Crippen LogP contribution is 2.26. The highest BCUT2D eigenvalue weighted by atomic mass is 32.1. The second-order valence-electron chi connectivity index (χ2n) is 3.97. The zero-order valence-corrected chi connectivity index (χ0v) is 10.8. The summed E-state index contributed by atoms with van der Waals surface area (Å²) in [6.07, 6.45) is 0.198. The van der Waals surface area contributed by atoms with Crippen molar-refractivity contribution in [2.24, 2.45) is 0 Å². The van der Waals surface area contributed by atoms with Gasteiger partial charge >= 0.3 is 5.97 Å². The van der Waals surface area contributed by atoms with Crippen LogP contribution in [0.15, 0.2) is 17.5 Å². The molecule has 0 aliphatic heterocycles. The number of nitrogens with zero attached hydrogens (tertiary/aromatic N) is 1. The fraction of sp³-hybridized carbons (Fsp3) is 0.583. The molecule has 0 aliphatic carbocycles. The first kappa shape index (κ1) is 13.2. The molecule has 1 N–H and O–H groups in total. The van der Waals surface area contributed by atoms with E-state index in [1.54, 1.807) is 11.3 Å². The summed E-state index contributed by atoms with van der Waals surface area (Å²) < 4.78 is 0. The Morgan fingerprint density at radius 3 is 2.69 bits per heavy atom. The predicted octanol–water partition coefficient (Wildman–Crippen LogP) is 2.99. The Kier molecular flexibility index (Phi) is 4.96. The van der Waals surface area contributed by atoms with Gasteiger partial charge in [0.15, 0.2) is 0 Å². The zero-order valence-electron chi connectivity index (χ0n) is 10.0. The van der Waals surface area contributed by atoms with Crippen LogP contribution in [0.4, 0.5) is 0 Å². The highest BCUT2D eigenvalue weighted by molar-refractivity contribution is 7.10. The second-order valence-corrected chi connectivity index (χ2v) is 4.95. The lowest BCUT2D eigenvalue weighted by molar-refractivity contribution is -0.138. The van der Waals surface area contributed by atoms with E-state index < -0.39 is 5.97 Å². The van der Waals surface area contributed by atoms with Crippen LogP contribution in [0.5, 0.6) is 0 Å².